The van der Waals surface area contributed by atoms with Crippen molar-refractivity contribution in [3.63, 3.8) is 0 Å². The van der Waals surface area contributed by atoms with Gasteiger partial charge < -0.3 is 4.57 Å². The summed E-state index contributed by atoms with van der Waals surface area (Å²) in [7, 11) is 0. The van der Waals surface area contributed by atoms with E-state index in [1.165, 1.54) is 4.90 Å². The molecule has 0 atom stereocenters. The number of carbonyl (C=O) groups excluding carboxylic acids is 2. The molecule has 1 fully saturated rings. The van der Waals surface area contributed by atoms with E-state index >= 15 is 0 Å². The highest BCUT2D eigenvalue weighted by Crippen LogP contribution is 2.28. The largest absolute Gasteiger partial charge is 0.342 e. The molecule has 4 aromatic rings. The Kier molecular flexibility index (Phi) is 5.54. The molecule has 5 rings (SSSR count). The van der Waals surface area contributed by atoms with Crippen molar-refractivity contribution in [3.05, 3.63) is 107 Å². The average Bonchev–Trinajstić information content (AvgIpc) is 3.14. The van der Waals surface area contributed by atoms with Crippen molar-refractivity contribution in [2.75, 3.05) is 4.90 Å². The second-order valence-corrected chi connectivity index (χ2v) is 8.48. The van der Waals surface area contributed by atoms with Crippen LogP contribution in [-0.2, 0) is 16.1 Å². The molecule has 7 heteroatoms. The Hall–Kier alpha value is -3.74. The van der Waals surface area contributed by atoms with E-state index in [4.69, 9.17) is 23.8 Å². The van der Waals surface area contributed by atoms with Gasteiger partial charge in [0.2, 0.25) is 0 Å². The van der Waals surface area contributed by atoms with Crippen molar-refractivity contribution in [2.24, 2.45) is 0 Å². The number of carbonyl (C=O) groups is 2. The molecule has 1 aliphatic heterocycles. The van der Waals surface area contributed by atoms with Gasteiger partial charge in [-0.25, -0.2) is 0 Å². The van der Waals surface area contributed by atoms with Crippen molar-refractivity contribution in [1.82, 2.24) is 9.88 Å². The molecule has 2 amide bonds. The van der Waals surface area contributed by atoms with E-state index in [9.17, 15) is 9.59 Å². The third kappa shape index (κ3) is 4.06. The predicted octanol–water partition coefficient (Wildman–Crippen LogP) is 5.17. The predicted molar refractivity (Wildman–Crippen MR) is 135 cm³/mol. The lowest BCUT2D eigenvalue weighted by Gasteiger charge is -2.29. The van der Waals surface area contributed by atoms with Crippen LogP contribution in [0.4, 0.5) is 5.69 Å². The van der Waals surface area contributed by atoms with Gasteiger partial charge in [0.05, 0.1) is 5.69 Å². The molecule has 0 aliphatic carbocycles. The number of amides is 2. The number of hydrogen-bond donors (Lipinski definition) is 1. The summed E-state index contributed by atoms with van der Waals surface area (Å²) in [5.74, 6) is -1.02. The van der Waals surface area contributed by atoms with E-state index in [1.54, 1.807) is 30.3 Å². The van der Waals surface area contributed by atoms with Gasteiger partial charge in [-0.3, -0.25) is 19.8 Å². The first-order valence-electron chi connectivity index (χ1n) is 10.3. The minimum atomic E-state index is -0.525. The highest BCUT2D eigenvalue weighted by atomic mass is 35.5. The van der Waals surface area contributed by atoms with Crippen molar-refractivity contribution < 1.29 is 9.59 Å². The number of nitrogens with zero attached hydrogens (tertiary/aromatic N) is 2. The van der Waals surface area contributed by atoms with Gasteiger partial charge in [-0.1, -0.05) is 66.2 Å². The number of fused-ring (bicyclic) bond motifs is 1. The molecule has 0 radical (unpaired) electrons. The molecule has 1 N–H and O–H groups in total. The summed E-state index contributed by atoms with van der Waals surface area (Å²) in [5.41, 5.74) is 3.44. The van der Waals surface area contributed by atoms with Crippen LogP contribution in [0.3, 0.4) is 0 Å². The fourth-order valence-electron chi connectivity index (χ4n) is 3.96. The number of anilines is 1. The van der Waals surface area contributed by atoms with Crippen LogP contribution in [0.5, 0.6) is 0 Å². The van der Waals surface area contributed by atoms with Crippen molar-refractivity contribution in [3.8, 4) is 0 Å². The Morgan fingerprint density at radius 1 is 0.939 bits per heavy atom. The third-order valence-electron chi connectivity index (χ3n) is 5.48. The molecule has 0 bridgehead atoms. The summed E-state index contributed by atoms with van der Waals surface area (Å²) in [6.45, 7) is 0.670. The van der Waals surface area contributed by atoms with E-state index in [1.807, 2.05) is 48.7 Å². The minimum Gasteiger partial charge on any atom is -0.342 e. The number of benzene rings is 3. The summed E-state index contributed by atoms with van der Waals surface area (Å²) >= 11 is 11.4. The summed E-state index contributed by atoms with van der Waals surface area (Å²) in [5, 5.41) is 4.06. The van der Waals surface area contributed by atoms with Gasteiger partial charge >= 0.3 is 0 Å². The number of rotatable bonds is 4. The van der Waals surface area contributed by atoms with Gasteiger partial charge in [0.1, 0.15) is 5.57 Å². The zero-order valence-electron chi connectivity index (χ0n) is 17.4. The number of aromatic nitrogens is 1. The van der Waals surface area contributed by atoms with Crippen molar-refractivity contribution >= 4 is 63.4 Å². The second kappa shape index (κ2) is 8.65. The zero-order valence-corrected chi connectivity index (χ0v) is 18.9. The number of para-hydroxylation sites is 1. The van der Waals surface area contributed by atoms with Gasteiger partial charge in [0.25, 0.3) is 11.8 Å². The maximum atomic E-state index is 13.4. The molecule has 1 aromatic heterocycles. The lowest BCUT2D eigenvalue weighted by molar-refractivity contribution is -0.122. The number of halogens is 1. The quantitative estimate of drug-likeness (QED) is 0.253. The molecular weight excluding hydrogens is 454 g/mol. The molecule has 3 aromatic carbocycles. The number of hydrogen-bond acceptors (Lipinski definition) is 3. The van der Waals surface area contributed by atoms with Crippen LogP contribution in [0.15, 0.2) is 90.6 Å². The van der Waals surface area contributed by atoms with Gasteiger partial charge in [0, 0.05) is 34.2 Å². The van der Waals surface area contributed by atoms with Crippen LogP contribution in [0.25, 0.3) is 17.0 Å². The number of nitrogens with one attached hydrogen (secondary N) is 1. The lowest BCUT2D eigenvalue weighted by Crippen LogP contribution is -2.54. The van der Waals surface area contributed by atoms with E-state index in [-0.39, 0.29) is 10.7 Å². The molecule has 33 heavy (non-hydrogen) atoms. The molecule has 162 valence electrons. The lowest BCUT2D eigenvalue weighted by atomic mass is 10.1. The summed E-state index contributed by atoms with van der Waals surface area (Å²) in [6, 6.07) is 24.8. The first kappa shape index (κ1) is 21.1. The van der Waals surface area contributed by atoms with Crippen LogP contribution in [0.1, 0.15) is 11.1 Å². The smallest absolute Gasteiger partial charge is 0.270 e. The third-order valence-corrected chi connectivity index (χ3v) is 6.00. The normalized spacial score (nSPS) is 15.4. The van der Waals surface area contributed by atoms with E-state index in [0.29, 0.717) is 17.3 Å². The monoisotopic (exact) mass is 471 g/mol. The summed E-state index contributed by atoms with van der Waals surface area (Å²) in [6.07, 6.45) is 3.59. The number of thiocarbonyl (C=S) groups is 1. The Balaban J connectivity index is 1.58. The maximum absolute atomic E-state index is 13.4. The van der Waals surface area contributed by atoms with Crippen molar-refractivity contribution in [2.45, 2.75) is 6.54 Å². The highest BCUT2D eigenvalue weighted by molar-refractivity contribution is 7.80. The molecule has 2 heterocycles. The van der Waals surface area contributed by atoms with Crippen LogP contribution in [0.2, 0.25) is 5.02 Å². The van der Waals surface area contributed by atoms with E-state index in [2.05, 4.69) is 22.0 Å². The maximum Gasteiger partial charge on any atom is 0.270 e. The molecule has 1 saturated heterocycles. The van der Waals surface area contributed by atoms with Gasteiger partial charge in [0.15, 0.2) is 5.11 Å². The minimum absolute atomic E-state index is 0.00573. The molecule has 5 nitrogen and oxygen atoms in total. The van der Waals surface area contributed by atoms with Crippen LogP contribution in [-0.4, -0.2) is 21.5 Å². The fourth-order valence-corrected chi connectivity index (χ4v) is 4.43. The Bertz CT molecular complexity index is 1440. The van der Waals surface area contributed by atoms with Crippen molar-refractivity contribution in [1.29, 1.82) is 0 Å². The van der Waals surface area contributed by atoms with Crippen LogP contribution < -0.4 is 10.2 Å². The Labute approximate surface area is 200 Å². The van der Waals surface area contributed by atoms with E-state index < -0.39 is 11.8 Å². The fraction of sp³-hybridized carbons (Fsp3) is 0.0385. The van der Waals surface area contributed by atoms with Gasteiger partial charge in [-0.2, -0.15) is 0 Å². The Morgan fingerprint density at radius 2 is 1.70 bits per heavy atom. The second-order valence-electron chi connectivity index (χ2n) is 7.65. The Morgan fingerprint density at radius 3 is 2.48 bits per heavy atom. The van der Waals surface area contributed by atoms with Crippen LogP contribution >= 0.6 is 23.8 Å². The first-order chi connectivity index (χ1) is 16.0. The van der Waals surface area contributed by atoms with Gasteiger partial charge in [-0.05, 0) is 48.1 Å². The first-order valence-corrected chi connectivity index (χ1v) is 11.1. The zero-order chi connectivity index (χ0) is 22.9. The van der Waals surface area contributed by atoms with Gasteiger partial charge in [-0.15, -0.1) is 0 Å². The molecular formula is C26H18ClN3O2S. The molecule has 0 unspecified atom stereocenters. The SMILES string of the molecule is O=C1NC(=S)N(c2cccc(Cl)c2)C(=O)C1=Cc1cn(Cc2ccccc2)c2ccccc12. The molecule has 0 spiro atoms. The van der Waals surface area contributed by atoms with Crippen LogP contribution in [0, 0.1) is 0 Å². The topological polar surface area (TPSA) is 54.3 Å². The van der Waals surface area contributed by atoms with E-state index in [0.717, 1.165) is 22.0 Å². The average molecular weight is 472 g/mol. The molecule has 0 saturated carbocycles. The highest BCUT2D eigenvalue weighted by Gasteiger charge is 2.34. The summed E-state index contributed by atoms with van der Waals surface area (Å²) in [4.78, 5) is 27.4. The standard InChI is InChI=1S/C26H18ClN3O2S/c27-19-9-6-10-20(14-19)30-25(32)22(24(31)28-26(30)33)13-18-16-29(15-17-7-2-1-3-8-17)23-12-5-4-11-21(18)23/h1-14,16H,15H2,(H,28,31,33). The molecule has 1 aliphatic rings. The summed E-state index contributed by atoms with van der Waals surface area (Å²) < 4.78 is 2.11.